The summed E-state index contributed by atoms with van der Waals surface area (Å²) in [5, 5.41) is 2.60. The number of thioether (sulfide) groups is 1. The number of halogens is 3. The zero-order chi connectivity index (χ0) is 13.8. The fourth-order valence-corrected chi connectivity index (χ4v) is 2.15. The zero-order valence-electron chi connectivity index (χ0n) is 9.40. The van der Waals surface area contributed by atoms with E-state index in [0.29, 0.717) is 27.0 Å². The summed E-state index contributed by atoms with van der Waals surface area (Å²) in [4.78, 5) is 12.2. The molecular formula is C12H8BrF2NO2S. The van der Waals surface area contributed by atoms with Gasteiger partial charge in [0.2, 0.25) is 0 Å². The lowest BCUT2D eigenvalue weighted by Crippen LogP contribution is -2.10. The van der Waals surface area contributed by atoms with E-state index >= 15 is 0 Å². The summed E-state index contributed by atoms with van der Waals surface area (Å²) < 4.78 is 29.8. The van der Waals surface area contributed by atoms with Crippen molar-refractivity contribution < 1.29 is 18.0 Å². The summed E-state index contributed by atoms with van der Waals surface area (Å²) in [6, 6.07) is 9.29. The van der Waals surface area contributed by atoms with Gasteiger partial charge >= 0.3 is 0 Å². The zero-order valence-corrected chi connectivity index (χ0v) is 11.8. The molecule has 0 aliphatic rings. The van der Waals surface area contributed by atoms with E-state index in [2.05, 4.69) is 21.2 Å². The Kier molecular flexibility index (Phi) is 4.60. The molecule has 0 spiro atoms. The number of carbonyl (C=O) groups excluding carboxylic acids is 1. The van der Waals surface area contributed by atoms with Crippen LogP contribution in [0.1, 0.15) is 10.6 Å². The van der Waals surface area contributed by atoms with Crippen LogP contribution in [0.5, 0.6) is 0 Å². The van der Waals surface area contributed by atoms with Crippen molar-refractivity contribution in [3.8, 4) is 0 Å². The quantitative estimate of drug-likeness (QED) is 0.821. The molecule has 0 saturated heterocycles. The lowest BCUT2D eigenvalue weighted by Gasteiger charge is -2.04. The van der Waals surface area contributed by atoms with Gasteiger partial charge in [0.1, 0.15) is 0 Å². The number of anilines is 1. The number of amides is 1. The van der Waals surface area contributed by atoms with Crippen molar-refractivity contribution in [1.29, 1.82) is 0 Å². The van der Waals surface area contributed by atoms with Crippen LogP contribution in [0.2, 0.25) is 0 Å². The van der Waals surface area contributed by atoms with Gasteiger partial charge < -0.3 is 9.73 Å². The smallest absolute Gasteiger partial charge is 0.291 e. The van der Waals surface area contributed by atoms with Gasteiger partial charge in [-0.25, -0.2) is 0 Å². The minimum absolute atomic E-state index is 0.165. The predicted molar refractivity (Wildman–Crippen MR) is 72.7 cm³/mol. The Balaban J connectivity index is 2.01. The van der Waals surface area contributed by atoms with Crippen LogP contribution in [-0.2, 0) is 0 Å². The van der Waals surface area contributed by atoms with Crippen LogP contribution >= 0.6 is 27.7 Å². The topological polar surface area (TPSA) is 42.2 Å². The SMILES string of the molecule is O=C(Nc1ccc(SC(F)F)cc1)c1ccc(Br)o1. The Bertz CT molecular complexity index is 571. The van der Waals surface area contributed by atoms with Crippen molar-refractivity contribution in [2.45, 2.75) is 10.7 Å². The maximum Gasteiger partial charge on any atom is 0.291 e. The highest BCUT2D eigenvalue weighted by Crippen LogP contribution is 2.26. The Morgan fingerprint density at radius 2 is 1.89 bits per heavy atom. The summed E-state index contributed by atoms with van der Waals surface area (Å²) in [5.74, 6) is -2.70. The minimum atomic E-state index is -2.46. The summed E-state index contributed by atoms with van der Waals surface area (Å²) >= 11 is 3.55. The van der Waals surface area contributed by atoms with E-state index in [1.165, 1.54) is 18.2 Å². The average Bonchev–Trinajstić information content (AvgIpc) is 2.78. The first-order valence-electron chi connectivity index (χ1n) is 5.16. The largest absolute Gasteiger partial charge is 0.444 e. The van der Waals surface area contributed by atoms with Crippen LogP contribution in [0.3, 0.4) is 0 Å². The monoisotopic (exact) mass is 347 g/mol. The molecule has 7 heteroatoms. The Morgan fingerprint density at radius 3 is 2.42 bits per heavy atom. The van der Waals surface area contributed by atoms with E-state index < -0.39 is 11.7 Å². The van der Waals surface area contributed by atoms with Crippen LogP contribution < -0.4 is 5.32 Å². The molecule has 0 atom stereocenters. The second-order valence-corrected chi connectivity index (χ2v) is 5.31. The molecule has 3 nitrogen and oxygen atoms in total. The third kappa shape index (κ3) is 4.07. The number of nitrogens with one attached hydrogen (secondary N) is 1. The Hall–Kier alpha value is -1.34. The number of hydrogen-bond donors (Lipinski definition) is 1. The number of hydrogen-bond acceptors (Lipinski definition) is 3. The molecule has 100 valence electrons. The van der Waals surface area contributed by atoms with Gasteiger partial charge in [-0.3, -0.25) is 4.79 Å². The molecule has 0 unspecified atom stereocenters. The number of carbonyl (C=O) groups is 1. The van der Waals surface area contributed by atoms with Gasteiger partial charge in [0.15, 0.2) is 10.4 Å². The molecule has 0 aliphatic heterocycles. The maximum atomic E-state index is 12.1. The van der Waals surface area contributed by atoms with E-state index in [1.54, 1.807) is 18.2 Å². The molecule has 1 amide bonds. The molecule has 1 aromatic heterocycles. The van der Waals surface area contributed by atoms with Crippen LogP contribution in [0, 0.1) is 0 Å². The molecule has 0 fully saturated rings. The average molecular weight is 348 g/mol. The fourth-order valence-electron chi connectivity index (χ4n) is 1.35. The summed E-state index contributed by atoms with van der Waals surface area (Å²) in [7, 11) is 0. The summed E-state index contributed by atoms with van der Waals surface area (Å²) in [5.41, 5.74) is 0.510. The van der Waals surface area contributed by atoms with Crippen molar-refractivity contribution in [2.75, 3.05) is 5.32 Å². The molecule has 19 heavy (non-hydrogen) atoms. The van der Waals surface area contributed by atoms with Crippen LogP contribution in [0.25, 0.3) is 0 Å². The van der Waals surface area contributed by atoms with E-state index in [4.69, 9.17) is 4.42 Å². The van der Waals surface area contributed by atoms with Crippen LogP contribution in [0.15, 0.2) is 50.4 Å². The lowest BCUT2D eigenvalue weighted by molar-refractivity contribution is 0.0995. The highest BCUT2D eigenvalue weighted by atomic mass is 79.9. The lowest BCUT2D eigenvalue weighted by atomic mass is 10.3. The molecule has 0 aliphatic carbocycles. The number of furan rings is 1. The van der Waals surface area contributed by atoms with E-state index in [0.717, 1.165) is 0 Å². The van der Waals surface area contributed by atoms with Crippen molar-refractivity contribution in [3.63, 3.8) is 0 Å². The Morgan fingerprint density at radius 1 is 1.21 bits per heavy atom. The Labute approximate surface area is 120 Å². The minimum Gasteiger partial charge on any atom is -0.444 e. The van der Waals surface area contributed by atoms with Gasteiger partial charge in [0.25, 0.3) is 11.7 Å². The maximum absolute atomic E-state index is 12.1. The second kappa shape index (κ2) is 6.21. The molecule has 0 saturated carbocycles. The molecule has 0 bridgehead atoms. The third-order valence-corrected chi connectivity index (χ3v) is 3.28. The van der Waals surface area contributed by atoms with E-state index in [9.17, 15) is 13.6 Å². The second-order valence-electron chi connectivity index (χ2n) is 3.46. The van der Waals surface area contributed by atoms with Gasteiger partial charge in [-0.15, -0.1) is 0 Å². The van der Waals surface area contributed by atoms with Crippen LogP contribution in [0.4, 0.5) is 14.5 Å². The van der Waals surface area contributed by atoms with Gasteiger partial charge in [-0.2, -0.15) is 8.78 Å². The van der Waals surface area contributed by atoms with Crippen molar-refractivity contribution >= 4 is 39.3 Å². The first-order chi connectivity index (χ1) is 9.04. The molecule has 1 aromatic carbocycles. The highest BCUT2D eigenvalue weighted by molar-refractivity contribution is 9.10. The number of alkyl halides is 2. The van der Waals surface area contributed by atoms with Gasteiger partial charge in [-0.05, 0) is 52.3 Å². The predicted octanol–water partition coefficient (Wildman–Crippen LogP) is 4.61. The molecule has 2 rings (SSSR count). The fraction of sp³-hybridized carbons (Fsp3) is 0.0833. The van der Waals surface area contributed by atoms with Gasteiger partial charge in [0.05, 0.1) is 0 Å². The van der Waals surface area contributed by atoms with Gasteiger partial charge in [-0.1, -0.05) is 11.8 Å². The standard InChI is InChI=1S/C12H8BrF2NO2S/c13-10-6-5-9(18-10)11(17)16-7-1-3-8(4-2-7)19-12(14)15/h1-6,12H,(H,16,17). The highest BCUT2D eigenvalue weighted by Gasteiger charge is 2.11. The van der Waals surface area contributed by atoms with E-state index in [-0.39, 0.29) is 5.76 Å². The summed E-state index contributed by atoms with van der Waals surface area (Å²) in [6.07, 6.45) is 0. The molecular weight excluding hydrogens is 340 g/mol. The normalized spacial score (nSPS) is 10.7. The first-order valence-corrected chi connectivity index (χ1v) is 6.83. The third-order valence-electron chi connectivity index (χ3n) is 2.13. The molecule has 1 N–H and O–H groups in total. The first kappa shape index (κ1) is 14.1. The van der Waals surface area contributed by atoms with Crippen molar-refractivity contribution in [1.82, 2.24) is 0 Å². The molecule has 1 heterocycles. The number of rotatable bonds is 4. The molecule has 2 aromatic rings. The van der Waals surface area contributed by atoms with Crippen molar-refractivity contribution in [2.24, 2.45) is 0 Å². The molecule has 0 radical (unpaired) electrons. The van der Waals surface area contributed by atoms with Crippen molar-refractivity contribution in [3.05, 3.63) is 46.8 Å². The number of benzene rings is 1. The van der Waals surface area contributed by atoms with Crippen LogP contribution in [-0.4, -0.2) is 11.7 Å². The van der Waals surface area contributed by atoms with E-state index in [1.807, 2.05) is 0 Å². The van der Waals surface area contributed by atoms with Gasteiger partial charge in [0, 0.05) is 10.6 Å². The summed E-state index contributed by atoms with van der Waals surface area (Å²) in [6.45, 7) is 0.